The zero-order valence-electron chi connectivity index (χ0n) is 34.8. The summed E-state index contributed by atoms with van der Waals surface area (Å²) >= 11 is 0. The standard InChI is InChI=1S/C51H52F2N4O5/c52-51(53,24-7-25-55-26-28-56(29-27-55)40-15-20-45-39(30-40)32-57(50(45)60)46-22-23-47(58)54-49(46)59)34-62-41-16-12-37(13-17-41)48-43(36-10-5-2-6-11-36)19-14-38-31-42(18-21-44(38)48)61-33-35-8-3-1-4-9-35/h1-6,8-13,15-18,20-21,30-31,43,46,48H,7,14,19,22-29,32-34H2,(H,54,58,59)/t43-,46?,48+/m1/s1. The van der Waals surface area contributed by atoms with Gasteiger partial charge in [0, 0.05) is 62.7 Å². The van der Waals surface area contributed by atoms with Gasteiger partial charge >= 0.3 is 0 Å². The highest BCUT2D eigenvalue weighted by atomic mass is 19.3. The van der Waals surface area contributed by atoms with Crippen LogP contribution in [0.3, 0.4) is 0 Å². The van der Waals surface area contributed by atoms with E-state index in [1.54, 1.807) is 4.90 Å². The number of aryl methyl sites for hydroxylation is 1. The van der Waals surface area contributed by atoms with Crippen molar-refractivity contribution in [3.8, 4) is 11.5 Å². The van der Waals surface area contributed by atoms with Crippen LogP contribution >= 0.6 is 0 Å². The molecule has 3 atom stereocenters. The average Bonchev–Trinajstić information content (AvgIpc) is 3.62. The number of nitrogens with one attached hydrogen (secondary N) is 1. The number of rotatable bonds is 14. The fourth-order valence-electron chi connectivity index (χ4n) is 9.68. The Balaban J connectivity index is 0.759. The number of carbonyl (C=O) groups excluding carboxylic acids is 3. The van der Waals surface area contributed by atoms with E-state index in [9.17, 15) is 14.4 Å². The lowest BCUT2D eigenvalue weighted by Crippen LogP contribution is -2.52. The van der Waals surface area contributed by atoms with E-state index in [2.05, 4.69) is 69.7 Å². The van der Waals surface area contributed by atoms with Crippen LogP contribution in [0.15, 0.2) is 121 Å². The molecule has 3 heterocycles. The van der Waals surface area contributed by atoms with Crippen LogP contribution < -0.4 is 19.7 Å². The molecule has 3 aliphatic heterocycles. The fraction of sp³-hybridized carbons (Fsp3) is 0.353. The molecular formula is C51H52F2N4O5. The summed E-state index contributed by atoms with van der Waals surface area (Å²) in [7, 11) is 0. The van der Waals surface area contributed by atoms with Crippen LogP contribution in [0.1, 0.15) is 87.7 Å². The van der Waals surface area contributed by atoms with Crippen molar-refractivity contribution in [2.45, 2.75) is 75.5 Å². The fourth-order valence-corrected chi connectivity index (χ4v) is 9.68. The average molecular weight is 839 g/mol. The summed E-state index contributed by atoms with van der Waals surface area (Å²) in [5.41, 5.74) is 8.52. The Kier molecular flexibility index (Phi) is 12.1. The molecule has 3 amide bonds. The first kappa shape index (κ1) is 41.3. The lowest BCUT2D eigenvalue weighted by molar-refractivity contribution is -0.136. The normalized spacial score (nSPS) is 20.4. The van der Waals surface area contributed by atoms with Gasteiger partial charge in [-0.1, -0.05) is 78.9 Å². The van der Waals surface area contributed by atoms with E-state index >= 15 is 8.78 Å². The lowest BCUT2D eigenvalue weighted by atomic mass is 9.69. The van der Waals surface area contributed by atoms with Crippen molar-refractivity contribution in [3.63, 3.8) is 0 Å². The molecule has 0 bridgehead atoms. The highest BCUT2D eigenvalue weighted by Gasteiger charge is 2.39. The van der Waals surface area contributed by atoms with Crippen LogP contribution in [0, 0.1) is 0 Å². The van der Waals surface area contributed by atoms with Gasteiger partial charge in [0.05, 0.1) is 0 Å². The molecule has 0 aromatic heterocycles. The first-order valence-electron chi connectivity index (χ1n) is 21.9. The van der Waals surface area contributed by atoms with Gasteiger partial charge in [0.1, 0.15) is 24.1 Å². The van der Waals surface area contributed by atoms with E-state index in [-0.39, 0.29) is 36.5 Å². The largest absolute Gasteiger partial charge is 0.489 e. The van der Waals surface area contributed by atoms with Gasteiger partial charge in [-0.3, -0.25) is 24.6 Å². The van der Waals surface area contributed by atoms with Crippen molar-refractivity contribution in [3.05, 3.63) is 160 Å². The maximum Gasteiger partial charge on any atom is 0.281 e. The number of piperidine rings is 1. The van der Waals surface area contributed by atoms with Crippen molar-refractivity contribution in [1.82, 2.24) is 15.1 Å². The number of anilines is 1. The van der Waals surface area contributed by atoms with Crippen LogP contribution in [0.2, 0.25) is 0 Å². The summed E-state index contributed by atoms with van der Waals surface area (Å²) in [4.78, 5) is 43.2. The second kappa shape index (κ2) is 18.1. The summed E-state index contributed by atoms with van der Waals surface area (Å²) in [5.74, 6) is -2.24. The summed E-state index contributed by atoms with van der Waals surface area (Å²) in [6.07, 6.45) is 2.56. The third-order valence-electron chi connectivity index (χ3n) is 13.0. The third-order valence-corrected chi connectivity index (χ3v) is 13.0. The van der Waals surface area contributed by atoms with E-state index in [1.165, 1.54) is 16.7 Å². The van der Waals surface area contributed by atoms with E-state index in [4.69, 9.17) is 9.47 Å². The minimum atomic E-state index is -2.97. The number of fused-ring (bicyclic) bond motifs is 2. The number of benzene rings is 5. The van der Waals surface area contributed by atoms with Crippen molar-refractivity contribution in [2.24, 2.45) is 0 Å². The monoisotopic (exact) mass is 838 g/mol. The predicted molar refractivity (Wildman–Crippen MR) is 234 cm³/mol. The van der Waals surface area contributed by atoms with Crippen molar-refractivity contribution in [2.75, 3.05) is 44.2 Å². The quantitative estimate of drug-likeness (QED) is 0.112. The topological polar surface area (TPSA) is 91.4 Å². The molecule has 5 aromatic carbocycles. The smallest absolute Gasteiger partial charge is 0.281 e. The Hall–Kier alpha value is -6.07. The Morgan fingerprint density at radius 1 is 0.710 bits per heavy atom. The molecule has 0 spiro atoms. The van der Waals surface area contributed by atoms with Gasteiger partial charge in [0.25, 0.3) is 11.8 Å². The maximum absolute atomic E-state index is 15.2. The molecule has 320 valence electrons. The molecule has 9 rings (SSSR count). The first-order valence-corrected chi connectivity index (χ1v) is 21.9. The number of ether oxygens (including phenoxy) is 2. The van der Waals surface area contributed by atoms with Crippen LogP contribution in [0.25, 0.3) is 0 Å². The van der Waals surface area contributed by atoms with E-state index in [0.29, 0.717) is 43.9 Å². The molecule has 0 saturated carbocycles. The molecule has 2 fully saturated rings. The summed E-state index contributed by atoms with van der Waals surface area (Å²) in [6.45, 7) is 3.70. The minimum Gasteiger partial charge on any atom is -0.489 e. The van der Waals surface area contributed by atoms with E-state index in [0.717, 1.165) is 67.1 Å². The molecule has 62 heavy (non-hydrogen) atoms. The zero-order chi connectivity index (χ0) is 42.6. The predicted octanol–water partition coefficient (Wildman–Crippen LogP) is 8.51. The van der Waals surface area contributed by atoms with Gasteiger partial charge in [-0.05, 0) is 114 Å². The van der Waals surface area contributed by atoms with Crippen LogP contribution in [-0.2, 0) is 29.2 Å². The summed E-state index contributed by atoms with van der Waals surface area (Å²) < 4.78 is 42.3. The Labute approximate surface area is 361 Å². The van der Waals surface area contributed by atoms with Crippen LogP contribution in [0.4, 0.5) is 14.5 Å². The minimum absolute atomic E-state index is 0.0959. The number of amides is 3. The van der Waals surface area contributed by atoms with E-state index < -0.39 is 24.5 Å². The number of hydrogen-bond donors (Lipinski definition) is 1. The van der Waals surface area contributed by atoms with E-state index in [1.807, 2.05) is 66.7 Å². The summed E-state index contributed by atoms with van der Waals surface area (Å²) in [5, 5.41) is 2.35. The van der Waals surface area contributed by atoms with Crippen molar-refractivity contribution < 1.29 is 32.6 Å². The number of halogens is 2. The van der Waals surface area contributed by atoms with Gasteiger partial charge in [-0.25, -0.2) is 8.78 Å². The molecule has 11 heteroatoms. The summed E-state index contributed by atoms with van der Waals surface area (Å²) in [6, 6.07) is 40.0. The lowest BCUT2D eigenvalue weighted by Gasteiger charge is -2.36. The maximum atomic E-state index is 15.2. The third kappa shape index (κ3) is 9.23. The SMILES string of the molecule is O=C1CCC(N2Cc3cc(N4CCN(CCCC(F)(F)COc5ccc([C@@H]6c7ccc(OCc8ccccc8)cc7CC[C@@H]6c6ccccc6)cc5)CC4)ccc3C2=O)C(=O)N1. The van der Waals surface area contributed by atoms with Gasteiger partial charge in [0.15, 0.2) is 6.61 Å². The van der Waals surface area contributed by atoms with Gasteiger partial charge < -0.3 is 19.3 Å². The second-order valence-corrected chi connectivity index (χ2v) is 17.1. The van der Waals surface area contributed by atoms with Gasteiger partial charge in [0.2, 0.25) is 11.8 Å². The Bertz CT molecular complexity index is 2390. The molecule has 2 saturated heterocycles. The van der Waals surface area contributed by atoms with Crippen LogP contribution in [0.5, 0.6) is 11.5 Å². The second-order valence-electron chi connectivity index (χ2n) is 17.1. The van der Waals surface area contributed by atoms with Crippen molar-refractivity contribution in [1.29, 1.82) is 0 Å². The molecule has 1 unspecified atom stereocenters. The molecule has 1 aliphatic carbocycles. The van der Waals surface area contributed by atoms with Crippen molar-refractivity contribution >= 4 is 23.4 Å². The highest BCUT2D eigenvalue weighted by molar-refractivity contribution is 6.05. The number of alkyl halides is 2. The number of nitrogens with zero attached hydrogens (tertiary/aromatic N) is 3. The molecule has 0 radical (unpaired) electrons. The Morgan fingerprint density at radius 3 is 2.21 bits per heavy atom. The number of imide groups is 1. The molecule has 9 nitrogen and oxygen atoms in total. The number of piperazine rings is 1. The number of carbonyl (C=O) groups is 3. The Morgan fingerprint density at radius 2 is 1.45 bits per heavy atom. The van der Waals surface area contributed by atoms with Gasteiger partial charge in [-0.15, -0.1) is 0 Å². The first-order chi connectivity index (χ1) is 30.2. The molecule has 5 aromatic rings. The molecule has 4 aliphatic rings. The van der Waals surface area contributed by atoms with Gasteiger partial charge in [-0.2, -0.15) is 0 Å². The molecular weight excluding hydrogens is 787 g/mol. The number of hydrogen-bond acceptors (Lipinski definition) is 7. The van der Waals surface area contributed by atoms with Crippen LogP contribution in [-0.4, -0.2) is 78.8 Å². The zero-order valence-corrected chi connectivity index (χ0v) is 34.8. The molecule has 1 N–H and O–H groups in total. The highest BCUT2D eigenvalue weighted by Crippen LogP contribution is 2.47.